The SMILES string of the molecule is CC1C(C)C2CC1C1C3CC(C4C(O)OCC34)C21. The first kappa shape index (κ1) is 10.7. The van der Waals surface area contributed by atoms with Crippen LogP contribution in [0, 0.1) is 59.2 Å². The van der Waals surface area contributed by atoms with E-state index in [0.29, 0.717) is 11.8 Å². The molecule has 0 aromatic heterocycles. The summed E-state index contributed by atoms with van der Waals surface area (Å²) in [5, 5.41) is 10.1. The van der Waals surface area contributed by atoms with Gasteiger partial charge in [-0.25, -0.2) is 0 Å². The molecule has 0 aromatic rings. The zero-order valence-corrected chi connectivity index (χ0v) is 11.3. The Hall–Kier alpha value is -0.0800. The van der Waals surface area contributed by atoms with E-state index in [9.17, 15) is 5.11 Å². The fourth-order valence-electron chi connectivity index (χ4n) is 7.40. The molecule has 5 fully saturated rings. The summed E-state index contributed by atoms with van der Waals surface area (Å²) in [6.07, 6.45) is 2.48. The molecule has 4 bridgehead atoms. The lowest BCUT2D eigenvalue weighted by molar-refractivity contribution is -0.101. The lowest BCUT2D eigenvalue weighted by Gasteiger charge is -2.44. The Morgan fingerprint density at radius 1 is 0.778 bits per heavy atom. The third-order valence-corrected chi connectivity index (χ3v) is 8.02. The van der Waals surface area contributed by atoms with Gasteiger partial charge in [-0.15, -0.1) is 0 Å². The van der Waals surface area contributed by atoms with E-state index < -0.39 is 6.29 Å². The second kappa shape index (κ2) is 3.15. The average Bonchev–Trinajstić information content (AvgIpc) is 3.06. The van der Waals surface area contributed by atoms with Crippen molar-refractivity contribution >= 4 is 0 Å². The monoisotopic (exact) mass is 248 g/mol. The Balaban J connectivity index is 1.55. The van der Waals surface area contributed by atoms with Gasteiger partial charge in [0.1, 0.15) is 0 Å². The lowest BCUT2D eigenvalue weighted by atomic mass is 9.60. The molecule has 11 atom stereocenters. The number of hydrogen-bond acceptors (Lipinski definition) is 2. The minimum atomic E-state index is -0.433. The molecule has 5 aliphatic rings. The van der Waals surface area contributed by atoms with Gasteiger partial charge < -0.3 is 9.84 Å². The molecular weight excluding hydrogens is 224 g/mol. The summed E-state index contributed by atoms with van der Waals surface area (Å²) in [6.45, 7) is 5.82. The van der Waals surface area contributed by atoms with E-state index in [1.807, 2.05) is 0 Å². The fourth-order valence-corrected chi connectivity index (χ4v) is 7.40. The first-order valence-corrected chi connectivity index (χ1v) is 7.98. The van der Waals surface area contributed by atoms with Crippen molar-refractivity contribution in [3.63, 3.8) is 0 Å². The van der Waals surface area contributed by atoms with E-state index in [4.69, 9.17) is 4.74 Å². The van der Waals surface area contributed by atoms with Gasteiger partial charge >= 0.3 is 0 Å². The lowest BCUT2D eigenvalue weighted by Crippen LogP contribution is -2.43. The van der Waals surface area contributed by atoms with E-state index in [1.54, 1.807) is 0 Å². The largest absolute Gasteiger partial charge is 0.368 e. The molecule has 0 spiro atoms. The van der Waals surface area contributed by atoms with E-state index in [1.165, 1.54) is 12.8 Å². The highest BCUT2D eigenvalue weighted by Gasteiger charge is 2.70. The van der Waals surface area contributed by atoms with Crippen molar-refractivity contribution in [3.05, 3.63) is 0 Å². The Kier molecular flexibility index (Phi) is 1.87. The molecule has 0 radical (unpaired) electrons. The van der Waals surface area contributed by atoms with Gasteiger partial charge in [0, 0.05) is 5.92 Å². The third-order valence-electron chi connectivity index (χ3n) is 8.02. The maximum absolute atomic E-state index is 10.1. The van der Waals surface area contributed by atoms with Gasteiger partial charge in [0.25, 0.3) is 0 Å². The van der Waals surface area contributed by atoms with Crippen molar-refractivity contribution in [2.24, 2.45) is 59.2 Å². The van der Waals surface area contributed by atoms with Crippen molar-refractivity contribution in [2.45, 2.75) is 33.0 Å². The van der Waals surface area contributed by atoms with E-state index in [2.05, 4.69) is 13.8 Å². The fraction of sp³-hybridized carbons (Fsp3) is 1.00. The van der Waals surface area contributed by atoms with Gasteiger partial charge in [0.05, 0.1) is 6.61 Å². The normalized spacial score (nSPS) is 71.8. The molecule has 4 saturated carbocycles. The number of hydrogen-bond donors (Lipinski definition) is 1. The highest BCUT2D eigenvalue weighted by atomic mass is 16.6. The summed E-state index contributed by atoms with van der Waals surface area (Å²) in [4.78, 5) is 0. The van der Waals surface area contributed by atoms with Crippen LogP contribution >= 0.6 is 0 Å². The number of aliphatic hydroxyl groups excluding tert-OH is 1. The molecule has 0 amide bonds. The van der Waals surface area contributed by atoms with Gasteiger partial charge in [0.2, 0.25) is 0 Å². The van der Waals surface area contributed by atoms with Crippen LogP contribution in [0.25, 0.3) is 0 Å². The predicted octanol–water partition coefficient (Wildman–Crippen LogP) is 2.37. The van der Waals surface area contributed by atoms with Crippen LogP contribution < -0.4 is 0 Å². The molecular formula is C16H24O2. The van der Waals surface area contributed by atoms with Crippen LogP contribution in [0.2, 0.25) is 0 Å². The number of fused-ring (bicyclic) bond motifs is 12. The number of ether oxygens (including phenoxy) is 1. The number of rotatable bonds is 0. The first-order valence-electron chi connectivity index (χ1n) is 7.98. The zero-order valence-electron chi connectivity index (χ0n) is 11.3. The topological polar surface area (TPSA) is 29.5 Å². The van der Waals surface area contributed by atoms with Crippen LogP contribution in [0.4, 0.5) is 0 Å². The van der Waals surface area contributed by atoms with Crippen molar-refractivity contribution in [1.82, 2.24) is 0 Å². The van der Waals surface area contributed by atoms with Gasteiger partial charge in [-0.2, -0.15) is 0 Å². The van der Waals surface area contributed by atoms with Crippen molar-refractivity contribution in [3.8, 4) is 0 Å². The van der Waals surface area contributed by atoms with Crippen molar-refractivity contribution in [2.75, 3.05) is 6.61 Å². The predicted molar refractivity (Wildman–Crippen MR) is 67.4 cm³/mol. The van der Waals surface area contributed by atoms with Crippen LogP contribution in [0.3, 0.4) is 0 Å². The molecule has 4 aliphatic carbocycles. The Morgan fingerprint density at radius 3 is 2.11 bits per heavy atom. The molecule has 1 saturated heterocycles. The van der Waals surface area contributed by atoms with Gasteiger partial charge in [0.15, 0.2) is 6.29 Å². The Labute approximate surface area is 109 Å². The van der Waals surface area contributed by atoms with Crippen LogP contribution in [-0.2, 0) is 4.74 Å². The summed E-state index contributed by atoms with van der Waals surface area (Å²) < 4.78 is 5.57. The maximum atomic E-state index is 10.1. The molecule has 1 aliphatic heterocycles. The van der Waals surface area contributed by atoms with Crippen molar-refractivity contribution in [1.29, 1.82) is 0 Å². The van der Waals surface area contributed by atoms with Gasteiger partial charge in [-0.05, 0) is 66.1 Å². The highest BCUT2D eigenvalue weighted by molar-refractivity contribution is 5.17. The van der Waals surface area contributed by atoms with E-state index >= 15 is 0 Å². The Bertz CT molecular complexity index is 395. The summed E-state index contributed by atoms with van der Waals surface area (Å²) in [7, 11) is 0. The molecule has 1 N–H and O–H groups in total. The van der Waals surface area contributed by atoms with E-state index in [-0.39, 0.29) is 0 Å². The smallest absolute Gasteiger partial charge is 0.157 e. The molecule has 2 nitrogen and oxygen atoms in total. The molecule has 2 heteroatoms. The number of aliphatic hydroxyl groups is 1. The first-order chi connectivity index (χ1) is 8.68. The standard InChI is InChI=1S/C16H24O2/c1-6-7(2)9-3-8(6)13-10-4-11(14(9)13)15-12(10)5-18-16(15)17/h6-17H,3-5H2,1-2H3. The second-order valence-electron chi connectivity index (χ2n) is 7.96. The van der Waals surface area contributed by atoms with Crippen molar-refractivity contribution < 1.29 is 9.84 Å². The molecule has 0 aromatic carbocycles. The van der Waals surface area contributed by atoms with E-state index in [0.717, 1.165) is 54.0 Å². The minimum absolute atomic E-state index is 0.433. The zero-order chi connectivity index (χ0) is 12.2. The molecule has 11 unspecified atom stereocenters. The third kappa shape index (κ3) is 0.955. The van der Waals surface area contributed by atoms with Crippen LogP contribution in [0.15, 0.2) is 0 Å². The van der Waals surface area contributed by atoms with Gasteiger partial charge in [-0.1, -0.05) is 13.8 Å². The highest BCUT2D eigenvalue weighted by Crippen LogP contribution is 2.73. The molecule has 1 heterocycles. The Morgan fingerprint density at radius 2 is 1.39 bits per heavy atom. The second-order valence-corrected chi connectivity index (χ2v) is 7.96. The average molecular weight is 248 g/mol. The summed E-state index contributed by atoms with van der Waals surface area (Å²) in [6, 6.07) is 0. The van der Waals surface area contributed by atoms with Crippen LogP contribution in [0.5, 0.6) is 0 Å². The summed E-state index contributed by atoms with van der Waals surface area (Å²) in [5.41, 5.74) is 0. The summed E-state index contributed by atoms with van der Waals surface area (Å²) in [5.74, 6) is 8.69. The van der Waals surface area contributed by atoms with Crippen LogP contribution in [-0.4, -0.2) is 18.0 Å². The van der Waals surface area contributed by atoms with Crippen LogP contribution in [0.1, 0.15) is 26.7 Å². The molecule has 100 valence electrons. The molecule has 18 heavy (non-hydrogen) atoms. The minimum Gasteiger partial charge on any atom is -0.368 e. The quantitative estimate of drug-likeness (QED) is 0.667. The maximum Gasteiger partial charge on any atom is 0.157 e. The molecule has 5 rings (SSSR count). The summed E-state index contributed by atoms with van der Waals surface area (Å²) >= 11 is 0. The van der Waals surface area contributed by atoms with Gasteiger partial charge in [-0.3, -0.25) is 0 Å².